The normalized spacial score (nSPS) is 13.0. The topological polar surface area (TPSA) is 3.24 Å². The fourth-order valence-corrected chi connectivity index (χ4v) is 7.30. The van der Waals surface area contributed by atoms with Crippen molar-refractivity contribution in [3.05, 3.63) is 174 Å². The molecule has 0 unspecified atom stereocenters. The van der Waals surface area contributed by atoms with Gasteiger partial charge in [0.2, 0.25) is 0 Å². The molecule has 0 radical (unpaired) electrons. The lowest BCUT2D eigenvalue weighted by molar-refractivity contribution is 0.660. The Morgan fingerprint density at radius 3 is 1.98 bits per heavy atom. The number of hydrogen-bond acceptors (Lipinski definition) is 1. The molecular weight excluding hydrogens is 542 g/mol. The average Bonchev–Trinajstić information content (AvgIpc) is 3.31. The highest BCUT2D eigenvalue weighted by molar-refractivity contribution is 6.06. The first-order chi connectivity index (χ1) is 22.0. The summed E-state index contributed by atoms with van der Waals surface area (Å²) in [6, 6.07) is 57.7. The number of hydrogen-bond donors (Lipinski definition) is 0. The van der Waals surface area contributed by atoms with Crippen molar-refractivity contribution in [2.24, 2.45) is 0 Å². The van der Waals surface area contributed by atoms with Gasteiger partial charge in [0.15, 0.2) is 0 Å². The van der Waals surface area contributed by atoms with Gasteiger partial charge in [-0.05, 0) is 92.5 Å². The Bertz CT molecular complexity index is 2210. The molecule has 8 rings (SSSR count). The largest absolute Gasteiger partial charge is 0.310 e. The summed E-state index contributed by atoms with van der Waals surface area (Å²) in [7, 11) is 0. The highest BCUT2D eigenvalue weighted by Crippen LogP contribution is 2.52. The van der Waals surface area contributed by atoms with Gasteiger partial charge in [-0.25, -0.2) is 0 Å². The molecule has 216 valence electrons. The van der Waals surface area contributed by atoms with E-state index in [1.54, 1.807) is 0 Å². The molecule has 0 N–H and O–H groups in total. The van der Waals surface area contributed by atoms with Crippen LogP contribution in [-0.4, -0.2) is 0 Å². The van der Waals surface area contributed by atoms with Crippen LogP contribution in [0.2, 0.25) is 0 Å². The molecule has 7 aromatic rings. The minimum atomic E-state index is -0.0955. The molecule has 45 heavy (non-hydrogen) atoms. The molecule has 0 aromatic heterocycles. The van der Waals surface area contributed by atoms with Gasteiger partial charge in [0.25, 0.3) is 0 Å². The minimum absolute atomic E-state index is 0.0955. The summed E-state index contributed by atoms with van der Waals surface area (Å²) in [6.07, 6.45) is 0. The monoisotopic (exact) mass is 577 g/mol. The van der Waals surface area contributed by atoms with Gasteiger partial charge in [-0.2, -0.15) is 0 Å². The summed E-state index contributed by atoms with van der Waals surface area (Å²) in [4.78, 5) is 2.47. The third-order valence-corrected chi connectivity index (χ3v) is 9.60. The Kier molecular flexibility index (Phi) is 6.43. The number of nitrogens with zero attached hydrogens (tertiary/aromatic N) is 1. The van der Waals surface area contributed by atoms with Crippen LogP contribution in [0, 0.1) is 6.92 Å². The van der Waals surface area contributed by atoms with Gasteiger partial charge in [0, 0.05) is 22.4 Å². The van der Waals surface area contributed by atoms with Gasteiger partial charge in [-0.1, -0.05) is 141 Å². The molecule has 0 aliphatic heterocycles. The second kappa shape index (κ2) is 10.6. The first-order valence-corrected chi connectivity index (χ1v) is 15.8. The van der Waals surface area contributed by atoms with Crippen molar-refractivity contribution >= 4 is 27.8 Å². The van der Waals surface area contributed by atoms with Crippen molar-refractivity contribution in [3.63, 3.8) is 0 Å². The number of fused-ring (bicyclic) bond motifs is 4. The fraction of sp³-hybridized carbons (Fsp3) is 0.0909. The maximum atomic E-state index is 2.47. The van der Waals surface area contributed by atoms with E-state index in [0.717, 1.165) is 11.4 Å². The van der Waals surface area contributed by atoms with Crippen LogP contribution in [0.15, 0.2) is 158 Å². The van der Waals surface area contributed by atoms with Gasteiger partial charge in [-0.3, -0.25) is 0 Å². The Morgan fingerprint density at radius 2 is 1.13 bits per heavy atom. The predicted molar refractivity (Wildman–Crippen MR) is 192 cm³/mol. The molecule has 1 aliphatic carbocycles. The summed E-state index contributed by atoms with van der Waals surface area (Å²) < 4.78 is 0. The second-order valence-electron chi connectivity index (χ2n) is 12.6. The zero-order chi connectivity index (χ0) is 30.5. The van der Waals surface area contributed by atoms with E-state index in [1.165, 1.54) is 66.5 Å². The van der Waals surface area contributed by atoms with Crippen LogP contribution in [0.25, 0.3) is 44.2 Å². The van der Waals surface area contributed by atoms with E-state index in [9.17, 15) is 0 Å². The van der Waals surface area contributed by atoms with E-state index in [1.807, 2.05) is 0 Å². The molecule has 0 bridgehead atoms. The standard InChI is InChI=1S/C44H35N/c1-30-14-7-9-20-36(30)43-37-21-10-8-17-32(37)24-27-42(43)45(34-19-13-18-33(28-34)31-15-5-4-6-16-31)35-25-26-39-38-22-11-12-23-40(38)44(2,3)41(39)29-35/h4-29H,1-3H3. The van der Waals surface area contributed by atoms with Crippen LogP contribution in [0.5, 0.6) is 0 Å². The molecule has 0 saturated heterocycles. The molecule has 1 nitrogen and oxygen atoms in total. The van der Waals surface area contributed by atoms with Crippen molar-refractivity contribution in [2.45, 2.75) is 26.2 Å². The van der Waals surface area contributed by atoms with E-state index in [4.69, 9.17) is 0 Å². The summed E-state index contributed by atoms with van der Waals surface area (Å²) >= 11 is 0. The van der Waals surface area contributed by atoms with Crippen LogP contribution in [-0.2, 0) is 5.41 Å². The Hall–Kier alpha value is -5.40. The lowest BCUT2D eigenvalue weighted by Crippen LogP contribution is -2.17. The van der Waals surface area contributed by atoms with Gasteiger partial charge in [0.05, 0.1) is 5.69 Å². The van der Waals surface area contributed by atoms with E-state index in [2.05, 4.69) is 183 Å². The van der Waals surface area contributed by atoms with Crippen LogP contribution < -0.4 is 4.90 Å². The van der Waals surface area contributed by atoms with Gasteiger partial charge in [0.1, 0.15) is 0 Å². The SMILES string of the molecule is Cc1ccccc1-c1c(N(c2cccc(-c3ccccc3)c2)c2ccc3c(c2)C(C)(C)c2ccccc2-3)ccc2ccccc12. The van der Waals surface area contributed by atoms with Crippen LogP contribution in [0.3, 0.4) is 0 Å². The summed E-state index contributed by atoms with van der Waals surface area (Å²) in [5, 5.41) is 2.49. The van der Waals surface area contributed by atoms with Crippen molar-refractivity contribution in [2.75, 3.05) is 4.90 Å². The van der Waals surface area contributed by atoms with E-state index >= 15 is 0 Å². The molecule has 7 aromatic carbocycles. The summed E-state index contributed by atoms with van der Waals surface area (Å²) in [5.41, 5.74) is 15.0. The molecule has 0 atom stereocenters. The zero-order valence-corrected chi connectivity index (χ0v) is 26.0. The number of aryl methyl sites for hydroxylation is 1. The highest BCUT2D eigenvalue weighted by atomic mass is 15.1. The van der Waals surface area contributed by atoms with Gasteiger partial charge < -0.3 is 4.90 Å². The van der Waals surface area contributed by atoms with Crippen molar-refractivity contribution < 1.29 is 0 Å². The van der Waals surface area contributed by atoms with E-state index in [-0.39, 0.29) is 5.41 Å². The zero-order valence-electron chi connectivity index (χ0n) is 26.0. The Balaban J connectivity index is 1.42. The van der Waals surface area contributed by atoms with Crippen LogP contribution in [0.1, 0.15) is 30.5 Å². The first-order valence-electron chi connectivity index (χ1n) is 15.8. The molecule has 1 heteroatoms. The lowest BCUT2D eigenvalue weighted by atomic mass is 9.82. The highest BCUT2D eigenvalue weighted by Gasteiger charge is 2.36. The van der Waals surface area contributed by atoms with Crippen molar-refractivity contribution in [1.29, 1.82) is 0 Å². The van der Waals surface area contributed by atoms with E-state index < -0.39 is 0 Å². The third kappa shape index (κ3) is 4.47. The molecule has 0 saturated carbocycles. The van der Waals surface area contributed by atoms with Crippen molar-refractivity contribution in [1.82, 2.24) is 0 Å². The average molecular weight is 578 g/mol. The lowest BCUT2D eigenvalue weighted by Gasteiger charge is -2.31. The number of benzene rings is 7. The smallest absolute Gasteiger partial charge is 0.0546 e. The molecule has 0 spiro atoms. The van der Waals surface area contributed by atoms with Crippen LogP contribution in [0.4, 0.5) is 17.1 Å². The first kappa shape index (κ1) is 27.2. The number of rotatable bonds is 5. The maximum Gasteiger partial charge on any atom is 0.0546 e. The second-order valence-corrected chi connectivity index (χ2v) is 12.6. The fourth-order valence-electron chi connectivity index (χ4n) is 7.30. The van der Waals surface area contributed by atoms with E-state index in [0.29, 0.717) is 0 Å². The van der Waals surface area contributed by atoms with Crippen molar-refractivity contribution in [3.8, 4) is 33.4 Å². The Morgan fingerprint density at radius 1 is 0.467 bits per heavy atom. The quantitative estimate of drug-likeness (QED) is 0.197. The third-order valence-electron chi connectivity index (χ3n) is 9.60. The molecular formula is C44H35N. The maximum absolute atomic E-state index is 2.47. The molecule has 0 amide bonds. The molecule has 1 aliphatic rings. The molecule has 0 heterocycles. The van der Waals surface area contributed by atoms with Crippen LogP contribution >= 0.6 is 0 Å². The summed E-state index contributed by atoms with van der Waals surface area (Å²) in [5.74, 6) is 0. The minimum Gasteiger partial charge on any atom is -0.310 e. The Labute approximate surface area is 266 Å². The number of anilines is 3. The predicted octanol–water partition coefficient (Wildman–Crippen LogP) is 12.3. The van der Waals surface area contributed by atoms with Gasteiger partial charge >= 0.3 is 0 Å². The van der Waals surface area contributed by atoms with Gasteiger partial charge in [-0.15, -0.1) is 0 Å². The molecule has 0 fully saturated rings. The summed E-state index contributed by atoms with van der Waals surface area (Å²) in [6.45, 7) is 6.93.